The fourth-order valence-electron chi connectivity index (χ4n) is 1.54. The average molecular weight is 342 g/mol. The van der Waals surface area contributed by atoms with E-state index in [-0.39, 0.29) is 17.7 Å². The third-order valence-corrected chi connectivity index (χ3v) is 3.33. The molecule has 0 aliphatic heterocycles. The molecule has 0 aliphatic carbocycles. The zero-order valence-electron chi connectivity index (χ0n) is 10.2. The minimum atomic E-state index is -0.756. The molecule has 0 spiro atoms. The Hall–Kier alpha value is -1.95. The SMILES string of the molecule is Nc1cc(C(=O)OCc2ccc(F)cc2F)ccc1Br. The molecule has 104 valence electrons. The van der Waals surface area contributed by atoms with E-state index >= 15 is 0 Å². The molecule has 0 atom stereocenters. The average Bonchev–Trinajstić information content (AvgIpc) is 2.40. The zero-order valence-corrected chi connectivity index (χ0v) is 11.8. The van der Waals surface area contributed by atoms with Crippen molar-refractivity contribution in [3.63, 3.8) is 0 Å². The predicted molar refractivity (Wildman–Crippen MR) is 74.0 cm³/mol. The number of hydrogen-bond donors (Lipinski definition) is 1. The second-order valence-corrected chi connectivity index (χ2v) is 4.90. The van der Waals surface area contributed by atoms with E-state index in [4.69, 9.17) is 10.5 Å². The number of anilines is 1. The topological polar surface area (TPSA) is 52.3 Å². The maximum absolute atomic E-state index is 13.4. The molecule has 6 heteroatoms. The molecule has 0 aromatic heterocycles. The number of nitrogens with two attached hydrogens (primary N) is 1. The maximum atomic E-state index is 13.4. The standard InChI is InChI=1S/C14H10BrF2NO2/c15-11-4-2-8(5-13(11)18)14(19)20-7-9-1-3-10(16)6-12(9)17/h1-6H,7,18H2. The number of nitrogen functional groups attached to an aromatic ring is 1. The molecule has 0 saturated carbocycles. The summed E-state index contributed by atoms with van der Waals surface area (Å²) >= 11 is 3.21. The molecule has 20 heavy (non-hydrogen) atoms. The number of hydrogen-bond acceptors (Lipinski definition) is 3. The third-order valence-electron chi connectivity index (χ3n) is 2.61. The molecule has 0 unspecified atom stereocenters. The molecule has 0 heterocycles. The molecule has 0 saturated heterocycles. The quantitative estimate of drug-likeness (QED) is 0.684. The lowest BCUT2D eigenvalue weighted by molar-refractivity contribution is 0.0469. The Morgan fingerprint density at radius 2 is 1.95 bits per heavy atom. The molecular weight excluding hydrogens is 332 g/mol. The van der Waals surface area contributed by atoms with Gasteiger partial charge < -0.3 is 10.5 Å². The second-order valence-electron chi connectivity index (χ2n) is 4.05. The highest BCUT2D eigenvalue weighted by Crippen LogP contribution is 2.21. The molecule has 3 nitrogen and oxygen atoms in total. The molecule has 2 rings (SSSR count). The monoisotopic (exact) mass is 341 g/mol. The molecule has 0 amide bonds. The Bertz CT molecular complexity index is 662. The summed E-state index contributed by atoms with van der Waals surface area (Å²) in [6.07, 6.45) is 0. The fraction of sp³-hybridized carbons (Fsp3) is 0.0714. The van der Waals surface area contributed by atoms with Crippen LogP contribution in [0, 0.1) is 11.6 Å². The highest BCUT2D eigenvalue weighted by molar-refractivity contribution is 9.10. The van der Waals surface area contributed by atoms with E-state index in [1.165, 1.54) is 18.2 Å². The van der Waals surface area contributed by atoms with Crippen LogP contribution in [0.5, 0.6) is 0 Å². The summed E-state index contributed by atoms with van der Waals surface area (Å²) < 4.78 is 31.7. The van der Waals surface area contributed by atoms with Crippen molar-refractivity contribution in [1.82, 2.24) is 0 Å². The van der Waals surface area contributed by atoms with Gasteiger partial charge in [0.2, 0.25) is 0 Å². The maximum Gasteiger partial charge on any atom is 0.338 e. The number of carbonyl (C=O) groups is 1. The van der Waals surface area contributed by atoms with Gasteiger partial charge >= 0.3 is 5.97 Å². The smallest absolute Gasteiger partial charge is 0.338 e. The third kappa shape index (κ3) is 3.33. The van der Waals surface area contributed by atoms with Gasteiger partial charge in [-0.25, -0.2) is 13.6 Å². The van der Waals surface area contributed by atoms with Gasteiger partial charge in [0.25, 0.3) is 0 Å². The Morgan fingerprint density at radius 3 is 2.60 bits per heavy atom. The summed E-state index contributed by atoms with van der Waals surface area (Å²) in [5, 5.41) is 0. The molecule has 0 bridgehead atoms. The van der Waals surface area contributed by atoms with Crippen LogP contribution in [0.2, 0.25) is 0 Å². The van der Waals surface area contributed by atoms with E-state index < -0.39 is 17.6 Å². The van der Waals surface area contributed by atoms with Crippen LogP contribution in [-0.4, -0.2) is 5.97 Å². The van der Waals surface area contributed by atoms with Crippen molar-refractivity contribution in [2.45, 2.75) is 6.61 Å². The van der Waals surface area contributed by atoms with Gasteiger partial charge in [0.15, 0.2) is 0 Å². The van der Waals surface area contributed by atoms with Crippen molar-refractivity contribution in [2.75, 3.05) is 5.73 Å². The first-order valence-corrected chi connectivity index (χ1v) is 6.43. The number of halogens is 3. The van der Waals surface area contributed by atoms with Crippen LogP contribution in [0.15, 0.2) is 40.9 Å². The van der Waals surface area contributed by atoms with Crippen LogP contribution in [0.4, 0.5) is 14.5 Å². The highest BCUT2D eigenvalue weighted by Gasteiger charge is 2.11. The largest absolute Gasteiger partial charge is 0.457 e. The van der Waals surface area contributed by atoms with Crippen molar-refractivity contribution in [2.24, 2.45) is 0 Å². The number of benzene rings is 2. The first-order chi connectivity index (χ1) is 9.47. The van der Waals surface area contributed by atoms with Crippen LogP contribution in [0.1, 0.15) is 15.9 Å². The highest BCUT2D eigenvalue weighted by atomic mass is 79.9. The Labute approximate surface area is 122 Å². The van der Waals surface area contributed by atoms with Gasteiger partial charge in [-0.3, -0.25) is 0 Å². The Balaban J connectivity index is 2.06. The second kappa shape index (κ2) is 6.00. The predicted octanol–water partition coefficient (Wildman–Crippen LogP) is 3.67. The lowest BCUT2D eigenvalue weighted by atomic mass is 10.2. The normalized spacial score (nSPS) is 10.3. The van der Waals surface area contributed by atoms with Gasteiger partial charge in [-0.2, -0.15) is 0 Å². The van der Waals surface area contributed by atoms with Crippen molar-refractivity contribution in [1.29, 1.82) is 0 Å². The van der Waals surface area contributed by atoms with Crippen LogP contribution in [0.3, 0.4) is 0 Å². The first-order valence-electron chi connectivity index (χ1n) is 5.63. The van der Waals surface area contributed by atoms with Crippen LogP contribution in [0.25, 0.3) is 0 Å². The first kappa shape index (κ1) is 14.5. The van der Waals surface area contributed by atoms with Crippen LogP contribution >= 0.6 is 15.9 Å². The fourth-order valence-corrected chi connectivity index (χ4v) is 1.78. The molecule has 0 fully saturated rings. The van der Waals surface area contributed by atoms with Gasteiger partial charge in [0, 0.05) is 21.8 Å². The molecule has 0 aliphatic rings. The van der Waals surface area contributed by atoms with Crippen molar-refractivity contribution < 1.29 is 18.3 Å². The van der Waals surface area contributed by atoms with E-state index in [2.05, 4.69) is 15.9 Å². The summed E-state index contributed by atoms with van der Waals surface area (Å²) in [6.45, 7) is -0.277. The number of ether oxygens (including phenoxy) is 1. The van der Waals surface area contributed by atoms with E-state index in [0.29, 0.717) is 10.2 Å². The van der Waals surface area contributed by atoms with Gasteiger partial charge in [-0.1, -0.05) is 0 Å². The van der Waals surface area contributed by atoms with Gasteiger partial charge in [-0.05, 0) is 46.3 Å². The number of carbonyl (C=O) groups excluding carboxylic acids is 1. The van der Waals surface area contributed by atoms with Crippen LogP contribution in [-0.2, 0) is 11.3 Å². The van der Waals surface area contributed by atoms with E-state index in [0.717, 1.165) is 12.1 Å². The molecule has 2 aromatic carbocycles. The van der Waals surface area contributed by atoms with Gasteiger partial charge in [-0.15, -0.1) is 0 Å². The minimum absolute atomic E-state index is 0.102. The summed E-state index contributed by atoms with van der Waals surface area (Å²) in [4.78, 5) is 11.8. The minimum Gasteiger partial charge on any atom is -0.457 e. The summed E-state index contributed by atoms with van der Waals surface area (Å²) in [5.74, 6) is -2.07. The van der Waals surface area contributed by atoms with Crippen molar-refractivity contribution >= 4 is 27.6 Å². The van der Waals surface area contributed by atoms with E-state index in [1.54, 1.807) is 6.07 Å². The van der Waals surface area contributed by atoms with Crippen molar-refractivity contribution in [3.8, 4) is 0 Å². The summed E-state index contributed by atoms with van der Waals surface area (Å²) in [6, 6.07) is 7.67. The lowest BCUT2D eigenvalue weighted by Gasteiger charge is -2.07. The Kier molecular flexibility index (Phi) is 4.34. The van der Waals surface area contributed by atoms with Crippen molar-refractivity contribution in [3.05, 3.63) is 63.6 Å². The molecule has 2 aromatic rings. The zero-order chi connectivity index (χ0) is 14.7. The number of esters is 1. The lowest BCUT2D eigenvalue weighted by Crippen LogP contribution is -2.07. The van der Waals surface area contributed by atoms with E-state index in [9.17, 15) is 13.6 Å². The van der Waals surface area contributed by atoms with E-state index in [1.807, 2.05) is 0 Å². The molecular formula is C14H10BrF2NO2. The van der Waals surface area contributed by atoms with Gasteiger partial charge in [0.1, 0.15) is 18.2 Å². The molecule has 0 radical (unpaired) electrons. The summed E-state index contributed by atoms with van der Waals surface area (Å²) in [5.41, 5.74) is 6.41. The van der Waals surface area contributed by atoms with Crippen LogP contribution < -0.4 is 5.73 Å². The number of rotatable bonds is 3. The molecule has 2 N–H and O–H groups in total. The summed E-state index contributed by atoms with van der Waals surface area (Å²) in [7, 11) is 0. The Morgan fingerprint density at radius 1 is 1.20 bits per heavy atom. The van der Waals surface area contributed by atoms with Gasteiger partial charge in [0.05, 0.1) is 5.56 Å².